The largest absolute Gasteiger partial charge is 0.492 e. The maximum Gasteiger partial charge on any atom is 0.233 e. The van der Waals surface area contributed by atoms with Crippen LogP contribution in [0.25, 0.3) is 0 Å². The van der Waals surface area contributed by atoms with Crippen molar-refractivity contribution in [1.82, 2.24) is 0 Å². The van der Waals surface area contributed by atoms with E-state index in [9.17, 15) is 4.79 Å². The molecule has 0 bridgehead atoms. The van der Waals surface area contributed by atoms with Gasteiger partial charge in [0.1, 0.15) is 5.75 Å². The first-order chi connectivity index (χ1) is 5.77. The van der Waals surface area contributed by atoms with Crippen molar-refractivity contribution >= 4 is 17.9 Å². The molecule has 0 unspecified atom stereocenters. The summed E-state index contributed by atoms with van der Waals surface area (Å²) in [7, 11) is 0. The third-order valence-electron chi connectivity index (χ3n) is 1.35. The number of hydrogen-bond acceptors (Lipinski definition) is 2. The second kappa shape index (κ2) is 4.12. The van der Waals surface area contributed by atoms with E-state index in [2.05, 4.69) is 0 Å². The quantitative estimate of drug-likeness (QED) is 0.718. The first-order valence-corrected chi connectivity index (χ1v) is 3.96. The molecular weight excluding hydrogens is 176 g/mol. The summed E-state index contributed by atoms with van der Waals surface area (Å²) in [5, 5.41) is 0.442. The van der Waals surface area contributed by atoms with Gasteiger partial charge >= 0.3 is 0 Å². The Bertz CT molecular complexity index is 284. The van der Waals surface area contributed by atoms with Gasteiger partial charge in [0.15, 0.2) is 0 Å². The summed E-state index contributed by atoms with van der Waals surface area (Å²) in [6.07, 6.45) is 1.75. The van der Waals surface area contributed by atoms with Gasteiger partial charge in [0, 0.05) is 5.56 Å². The first-order valence-electron chi connectivity index (χ1n) is 3.58. The highest BCUT2D eigenvalue weighted by molar-refractivity contribution is 6.32. The Morgan fingerprint density at radius 1 is 1.58 bits per heavy atom. The van der Waals surface area contributed by atoms with E-state index in [1.54, 1.807) is 18.4 Å². The maximum atomic E-state index is 10.2. The Morgan fingerprint density at radius 2 is 2.33 bits per heavy atom. The van der Waals surface area contributed by atoms with Gasteiger partial charge in [0.05, 0.1) is 11.6 Å². The molecule has 1 rings (SSSR count). The van der Waals surface area contributed by atoms with Gasteiger partial charge in [-0.05, 0) is 25.1 Å². The molecule has 0 saturated carbocycles. The summed E-state index contributed by atoms with van der Waals surface area (Å²) >= 11 is 5.78. The fourth-order valence-electron chi connectivity index (χ4n) is 0.837. The number of benzene rings is 1. The van der Waals surface area contributed by atoms with Crippen molar-refractivity contribution in [2.75, 3.05) is 6.61 Å². The Labute approximate surface area is 76.1 Å². The molecule has 1 aromatic carbocycles. The molecule has 0 aliphatic rings. The normalized spacial score (nSPS) is 9.50. The summed E-state index contributed by atoms with van der Waals surface area (Å²) in [6.45, 7) is 2.43. The molecule has 1 aromatic rings. The summed E-state index contributed by atoms with van der Waals surface area (Å²) in [6, 6.07) is 4.80. The van der Waals surface area contributed by atoms with Gasteiger partial charge < -0.3 is 4.74 Å². The zero-order chi connectivity index (χ0) is 8.97. The zero-order valence-electron chi connectivity index (χ0n) is 6.63. The lowest BCUT2D eigenvalue weighted by molar-refractivity contribution is 0.340. The molecule has 3 heteroatoms. The number of halogens is 1. The molecule has 0 aliphatic heterocycles. The number of rotatable bonds is 3. The topological polar surface area (TPSA) is 26.3 Å². The van der Waals surface area contributed by atoms with Gasteiger partial charge in [-0.15, -0.1) is 0 Å². The molecule has 0 spiro atoms. The third kappa shape index (κ3) is 1.98. The average Bonchev–Trinajstić information content (AvgIpc) is 2.09. The minimum Gasteiger partial charge on any atom is -0.492 e. The van der Waals surface area contributed by atoms with Crippen molar-refractivity contribution in [1.29, 1.82) is 0 Å². The highest BCUT2D eigenvalue weighted by atomic mass is 35.5. The Morgan fingerprint density at radius 3 is 2.83 bits per heavy atom. The van der Waals surface area contributed by atoms with Crippen LogP contribution in [0.3, 0.4) is 0 Å². The van der Waals surface area contributed by atoms with Gasteiger partial charge in [-0.1, -0.05) is 11.6 Å². The van der Waals surface area contributed by atoms with E-state index in [1.165, 1.54) is 6.07 Å². The fourth-order valence-corrected chi connectivity index (χ4v) is 1.07. The summed E-state index contributed by atoms with van der Waals surface area (Å²) in [5.41, 5.74) is 0.434. The van der Waals surface area contributed by atoms with Crippen molar-refractivity contribution in [3.05, 3.63) is 28.8 Å². The van der Waals surface area contributed by atoms with Crippen LogP contribution in [-0.2, 0) is 4.79 Å². The van der Waals surface area contributed by atoms with Crippen LogP contribution in [0.2, 0.25) is 5.02 Å². The molecule has 0 N–H and O–H groups in total. The predicted octanol–water partition coefficient (Wildman–Crippen LogP) is 2.20. The van der Waals surface area contributed by atoms with E-state index in [-0.39, 0.29) is 0 Å². The SMILES string of the molecule is CCOc1ccc([C]=O)cc1Cl. The number of hydrogen-bond donors (Lipinski definition) is 0. The summed E-state index contributed by atoms with van der Waals surface area (Å²) in [4.78, 5) is 10.2. The maximum absolute atomic E-state index is 10.2. The second-order valence-corrected chi connectivity index (χ2v) is 2.59. The molecule has 2 nitrogen and oxygen atoms in total. The molecular formula is C9H8ClO2. The van der Waals surface area contributed by atoms with Gasteiger partial charge in [-0.25, -0.2) is 0 Å². The Hall–Kier alpha value is -1.02. The lowest BCUT2D eigenvalue weighted by Gasteiger charge is -2.04. The van der Waals surface area contributed by atoms with Crippen LogP contribution in [0, 0.1) is 0 Å². The van der Waals surface area contributed by atoms with Gasteiger partial charge in [-0.2, -0.15) is 0 Å². The highest BCUT2D eigenvalue weighted by Gasteiger charge is 2.01. The predicted molar refractivity (Wildman–Crippen MR) is 47.4 cm³/mol. The Kier molecular flexibility index (Phi) is 3.11. The number of ether oxygens (including phenoxy) is 1. The van der Waals surface area contributed by atoms with Crippen molar-refractivity contribution < 1.29 is 9.53 Å². The molecule has 0 saturated heterocycles. The van der Waals surface area contributed by atoms with E-state index >= 15 is 0 Å². The number of carbonyl (C=O) groups excluding carboxylic acids is 1. The van der Waals surface area contributed by atoms with Gasteiger partial charge in [-0.3, -0.25) is 4.79 Å². The third-order valence-corrected chi connectivity index (χ3v) is 1.64. The highest BCUT2D eigenvalue weighted by Crippen LogP contribution is 2.24. The minimum atomic E-state index is 0.434. The van der Waals surface area contributed by atoms with Crippen LogP contribution in [-0.4, -0.2) is 12.9 Å². The molecule has 0 atom stereocenters. The molecule has 0 amide bonds. The summed E-state index contributed by atoms with van der Waals surface area (Å²) < 4.78 is 5.17. The van der Waals surface area contributed by atoms with Crippen LogP contribution in [0.4, 0.5) is 0 Å². The van der Waals surface area contributed by atoms with Gasteiger partial charge in [0.2, 0.25) is 6.29 Å². The van der Waals surface area contributed by atoms with Crippen molar-refractivity contribution in [3.8, 4) is 5.75 Å². The van der Waals surface area contributed by atoms with E-state index in [0.717, 1.165) is 0 Å². The van der Waals surface area contributed by atoms with Crippen LogP contribution in [0.15, 0.2) is 18.2 Å². The standard InChI is InChI=1S/C9H8ClO2/c1-2-12-9-4-3-7(6-11)5-8(9)10/h3-5H,2H2,1H3. The fraction of sp³-hybridized carbons (Fsp3) is 0.222. The molecule has 0 fully saturated rings. The van der Waals surface area contributed by atoms with Crippen molar-refractivity contribution in [3.63, 3.8) is 0 Å². The Balaban J connectivity index is 2.94. The molecule has 63 valence electrons. The smallest absolute Gasteiger partial charge is 0.233 e. The summed E-state index contributed by atoms with van der Waals surface area (Å²) in [5.74, 6) is 0.596. The zero-order valence-corrected chi connectivity index (χ0v) is 7.39. The van der Waals surface area contributed by atoms with Crippen LogP contribution in [0.5, 0.6) is 5.75 Å². The van der Waals surface area contributed by atoms with E-state index in [0.29, 0.717) is 22.9 Å². The monoisotopic (exact) mass is 183 g/mol. The van der Waals surface area contributed by atoms with Gasteiger partial charge in [0.25, 0.3) is 0 Å². The van der Waals surface area contributed by atoms with Crippen LogP contribution in [0.1, 0.15) is 12.5 Å². The second-order valence-electron chi connectivity index (χ2n) is 2.18. The minimum absolute atomic E-state index is 0.434. The molecule has 1 radical (unpaired) electrons. The molecule has 0 heterocycles. The molecule has 0 aromatic heterocycles. The van der Waals surface area contributed by atoms with E-state index in [1.807, 2.05) is 6.92 Å². The molecule has 12 heavy (non-hydrogen) atoms. The first kappa shape index (κ1) is 9.07. The van der Waals surface area contributed by atoms with E-state index in [4.69, 9.17) is 16.3 Å². The average molecular weight is 184 g/mol. The van der Waals surface area contributed by atoms with Crippen LogP contribution < -0.4 is 4.74 Å². The lowest BCUT2D eigenvalue weighted by atomic mass is 10.2. The lowest BCUT2D eigenvalue weighted by Crippen LogP contribution is -1.92. The van der Waals surface area contributed by atoms with Crippen LogP contribution >= 0.6 is 11.6 Å². The van der Waals surface area contributed by atoms with Crippen molar-refractivity contribution in [2.45, 2.75) is 6.92 Å². The molecule has 0 aliphatic carbocycles. The van der Waals surface area contributed by atoms with Crippen molar-refractivity contribution in [2.24, 2.45) is 0 Å². The van der Waals surface area contributed by atoms with E-state index < -0.39 is 0 Å².